The first kappa shape index (κ1) is 21.9. The topological polar surface area (TPSA) is 131 Å². The summed E-state index contributed by atoms with van der Waals surface area (Å²) in [6.07, 6.45) is 0. The number of aromatic nitrogens is 1. The number of hydrogen-bond acceptors (Lipinski definition) is 7. The number of aryl methyl sites for hydroxylation is 1. The molecule has 1 aliphatic heterocycles. The van der Waals surface area contributed by atoms with Gasteiger partial charge in [-0.3, -0.25) is 9.79 Å². The number of nitrogens with two attached hydrogens (primary N) is 1. The summed E-state index contributed by atoms with van der Waals surface area (Å²) in [6.45, 7) is 6.05. The second kappa shape index (κ2) is 7.17. The van der Waals surface area contributed by atoms with Gasteiger partial charge in [0, 0.05) is 30.9 Å². The van der Waals surface area contributed by atoms with Crippen LogP contribution in [0.25, 0.3) is 0 Å². The van der Waals surface area contributed by atoms with Gasteiger partial charge in [-0.15, -0.1) is 0 Å². The Morgan fingerprint density at radius 2 is 1.97 bits per heavy atom. The zero-order chi connectivity index (χ0) is 22.5. The van der Waals surface area contributed by atoms with Crippen molar-refractivity contribution < 1.29 is 22.1 Å². The van der Waals surface area contributed by atoms with Crippen LogP contribution in [0.1, 0.15) is 42.6 Å². The Bertz CT molecular complexity index is 1140. The molecule has 0 bridgehead atoms. The maximum atomic E-state index is 14.8. The van der Waals surface area contributed by atoms with E-state index < -0.39 is 32.0 Å². The van der Waals surface area contributed by atoms with E-state index in [1.807, 2.05) is 0 Å². The van der Waals surface area contributed by atoms with E-state index >= 15 is 0 Å². The van der Waals surface area contributed by atoms with E-state index in [0.717, 1.165) is 4.31 Å². The molecule has 1 aliphatic rings. The predicted molar refractivity (Wildman–Crippen MR) is 110 cm³/mol. The van der Waals surface area contributed by atoms with Gasteiger partial charge >= 0.3 is 0 Å². The Morgan fingerprint density at radius 3 is 2.57 bits per heavy atom. The van der Waals surface area contributed by atoms with Crippen molar-refractivity contribution in [3.63, 3.8) is 0 Å². The molecule has 3 rings (SSSR count). The van der Waals surface area contributed by atoms with Crippen molar-refractivity contribution in [3.8, 4) is 0 Å². The maximum Gasteiger partial charge on any atom is 0.294 e. The number of aliphatic imine (C=N–C) groups is 1. The quantitative estimate of drug-likeness (QED) is 0.755. The highest BCUT2D eigenvalue weighted by Crippen LogP contribution is 2.36. The average Bonchev–Trinajstić information content (AvgIpc) is 3.07. The lowest BCUT2D eigenvalue weighted by Crippen LogP contribution is -2.50. The van der Waals surface area contributed by atoms with Crippen molar-refractivity contribution in [2.24, 2.45) is 10.7 Å². The average molecular weight is 437 g/mol. The molecular weight excluding hydrogens is 413 g/mol. The van der Waals surface area contributed by atoms with E-state index in [2.05, 4.69) is 15.5 Å². The first-order valence-corrected chi connectivity index (χ1v) is 10.6. The second-order valence-corrected chi connectivity index (χ2v) is 10.6. The number of rotatable bonds is 3. The monoisotopic (exact) mass is 437 g/mol. The Kier molecular flexibility index (Phi) is 5.23. The van der Waals surface area contributed by atoms with Gasteiger partial charge in [-0.05, 0) is 45.9 Å². The number of nitrogens with one attached hydrogen (secondary N) is 1. The van der Waals surface area contributed by atoms with Crippen molar-refractivity contribution in [2.45, 2.75) is 38.0 Å². The third kappa shape index (κ3) is 3.58. The molecule has 9 nitrogen and oxygen atoms in total. The number of amidine groups is 1. The molecule has 1 aromatic heterocycles. The van der Waals surface area contributed by atoms with Crippen LogP contribution in [0.5, 0.6) is 0 Å². The lowest BCUT2D eigenvalue weighted by molar-refractivity contribution is 0.0988. The fourth-order valence-corrected chi connectivity index (χ4v) is 4.81. The van der Waals surface area contributed by atoms with Gasteiger partial charge < -0.3 is 15.6 Å². The second-order valence-electron chi connectivity index (χ2n) is 8.02. The summed E-state index contributed by atoms with van der Waals surface area (Å²) in [5.74, 6) is -1.27. The van der Waals surface area contributed by atoms with E-state index in [1.54, 1.807) is 13.8 Å². The van der Waals surface area contributed by atoms with Gasteiger partial charge in [-0.25, -0.2) is 17.1 Å². The van der Waals surface area contributed by atoms with Crippen molar-refractivity contribution in [2.75, 3.05) is 18.9 Å². The number of anilines is 1. The number of nitrogens with zero attached hydrogens (tertiary/aromatic N) is 3. The summed E-state index contributed by atoms with van der Waals surface area (Å²) in [4.78, 5) is 16.7. The van der Waals surface area contributed by atoms with Crippen molar-refractivity contribution >= 4 is 27.5 Å². The number of amides is 1. The molecule has 1 atom stereocenters. The normalized spacial score (nSPS) is 23.5. The smallest absolute Gasteiger partial charge is 0.294 e. The lowest BCUT2D eigenvalue weighted by atomic mass is 9.91. The Balaban J connectivity index is 2.03. The van der Waals surface area contributed by atoms with Crippen LogP contribution in [-0.4, -0.2) is 48.0 Å². The summed E-state index contributed by atoms with van der Waals surface area (Å²) < 4.78 is 45.1. The molecule has 0 aliphatic carbocycles. The van der Waals surface area contributed by atoms with Gasteiger partial charge in [0.05, 0.1) is 5.69 Å². The highest BCUT2D eigenvalue weighted by molar-refractivity contribution is 7.91. The molecule has 0 radical (unpaired) electrons. The molecule has 1 aromatic carbocycles. The number of likely N-dealkylation sites (N-methyl/N-ethyl adjacent to an activating group) is 1. The number of carbonyl (C=O) groups excluding carboxylic acids is 1. The minimum atomic E-state index is -3.81. The largest absolute Gasteiger partial charge is 0.386 e. The molecule has 0 spiro atoms. The molecule has 1 unspecified atom stereocenters. The molecule has 3 N–H and O–H groups in total. The summed E-state index contributed by atoms with van der Waals surface area (Å²) >= 11 is 0. The van der Waals surface area contributed by atoms with Crippen LogP contribution in [0, 0.1) is 12.7 Å². The predicted octanol–water partition coefficient (Wildman–Crippen LogP) is 2.00. The third-order valence-corrected chi connectivity index (χ3v) is 7.67. The van der Waals surface area contributed by atoms with Gasteiger partial charge in [0.2, 0.25) is 15.8 Å². The summed E-state index contributed by atoms with van der Waals surface area (Å²) in [5, 5.41) is 6.27. The number of hydrogen-bond donors (Lipinski definition) is 2. The fourth-order valence-electron chi connectivity index (χ4n) is 3.30. The van der Waals surface area contributed by atoms with Gasteiger partial charge in [-0.2, -0.15) is 0 Å². The Labute approximate surface area is 174 Å². The minimum Gasteiger partial charge on any atom is -0.386 e. The van der Waals surface area contributed by atoms with Crippen LogP contribution in [-0.2, 0) is 15.6 Å². The van der Waals surface area contributed by atoms with Crippen LogP contribution >= 0.6 is 0 Å². The van der Waals surface area contributed by atoms with Gasteiger partial charge in [0.15, 0.2) is 0 Å². The first-order chi connectivity index (χ1) is 13.8. The molecule has 1 amide bonds. The minimum absolute atomic E-state index is 0.00824. The summed E-state index contributed by atoms with van der Waals surface area (Å²) in [7, 11) is -2.41. The standard InChI is InChI=1S/C19H24FN5O4S/c1-11-8-15(29-24-11)16(26)22-12-6-7-14(20)13(9-12)19(4)10-25(5)30(27,28)18(2,3)17(21)23-19/h6-9H,10H2,1-5H3,(H2,21,23)(H,22,26). The molecule has 2 heterocycles. The molecule has 0 saturated heterocycles. The summed E-state index contributed by atoms with van der Waals surface area (Å²) in [6, 6.07) is 5.45. The van der Waals surface area contributed by atoms with E-state index in [9.17, 15) is 17.6 Å². The maximum absolute atomic E-state index is 14.8. The van der Waals surface area contributed by atoms with Crippen LogP contribution in [0.4, 0.5) is 10.1 Å². The van der Waals surface area contributed by atoms with E-state index in [0.29, 0.717) is 5.69 Å². The third-order valence-electron chi connectivity index (χ3n) is 5.23. The van der Waals surface area contributed by atoms with Crippen molar-refractivity contribution in [1.82, 2.24) is 9.46 Å². The molecule has 2 aromatic rings. The summed E-state index contributed by atoms with van der Waals surface area (Å²) in [5.41, 5.74) is 5.66. The van der Waals surface area contributed by atoms with E-state index in [-0.39, 0.29) is 29.4 Å². The number of carbonyl (C=O) groups is 1. The molecular formula is C19H24FN5O4S. The highest BCUT2D eigenvalue weighted by atomic mass is 32.2. The van der Waals surface area contributed by atoms with Crippen LogP contribution in [0.2, 0.25) is 0 Å². The molecule has 0 saturated carbocycles. The van der Waals surface area contributed by atoms with E-state index in [1.165, 1.54) is 45.2 Å². The van der Waals surface area contributed by atoms with E-state index in [4.69, 9.17) is 10.3 Å². The highest BCUT2D eigenvalue weighted by Gasteiger charge is 2.48. The molecule has 30 heavy (non-hydrogen) atoms. The first-order valence-electron chi connectivity index (χ1n) is 9.14. The van der Waals surface area contributed by atoms with Crippen LogP contribution in [0.15, 0.2) is 33.8 Å². The lowest BCUT2D eigenvalue weighted by Gasteiger charge is -2.29. The van der Waals surface area contributed by atoms with Gasteiger partial charge in [-0.1, -0.05) is 5.16 Å². The molecule has 162 valence electrons. The fraction of sp³-hybridized carbons (Fsp3) is 0.421. The Hall–Kier alpha value is -2.79. The van der Waals surface area contributed by atoms with Gasteiger partial charge in [0.25, 0.3) is 5.91 Å². The van der Waals surface area contributed by atoms with Crippen LogP contribution < -0.4 is 11.1 Å². The molecule has 11 heteroatoms. The zero-order valence-electron chi connectivity index (χ0n) is 17.4. The van der Waals surface area contributed by atoms with Crippen molar-refractivity contribution in [1.29, 1.82) is 0 Å². The number of sulfonamides is 1. The van der Waals surface area contributed by atoms with Crippen molar-refractivity contribution in [3.05, 3.63) is 47.1 Å². The van der Waals surface area contributed by atoms with Crippen LogP contribution in [0.3, 0.4) is 0 Å². The van der Waals surface area contributed by atoms with Gasteiger partial charge in [0.1, 0.15) is 21.9 Å². The molecule has 0 fully saturated rings. The zero-order valence-corrected chi connectivity index (χ0v) is 18.2. The SMILES string of the molecule is Cc1cc(C(=O)Nc2ccc(F)c(C3(C)CN(C)S(=O)(=O)C(C)(C)C(N)=N3)c2)on1. The number of halogens is 1. The Morgan fingerprint density at radius 1 is 1.30 bits per heavy atom. The number of benzene rings is 1.